The van der Waals surface area contributed by atoms with Gasteiger partial charge in [-0.2, -0.15) is 5.10 Å². The molecule has 24 heavy (non-hydrogen) atoms. The second-order valence-electron chi connectivity index (χ2n) is 6.16. The summed E-state index contributed by atoms with van der Waals surface area (Å²) in [4.78, 5) is 24.1. The van der Waals surface area contributed by atoms with E-state index in [0.717, 1.165) is 29.7 Å². The molecule has 1 fully saturated rings. The second kappa shape index (κ2) is 6.39. The lowest BCUT2D eigenvalue weighted by molar-refractivity contribution is -0.139. The molecule has 3 N–H and O–H groups in total. The Bertz CT molecular complexity index is 811. The zero-order valence-electron chi connectivity index (χ0n) is 13.4. The third-order valence-corrected chi connectivity index (χ3v) is 5.12. The molecule has 0 aliphatic heterocycles. The third kappa shape index (κ3) is 3.21. The van der Waals surface area contributed by atoms with Crippen molar-refractivity contribution in [1.82, 2.24) is 15.5 Å². The number of rotatable bonds is 5. The van der Waals surface area contributed by atoms with E-state index in [4.69, 9.17) is 0 Å². The standard InChI is InChI=1S/C17H18BrN3O3/c1-8-3-4-11(7-9(8)2)14(17(23)24)19-16(22)15-12(18)13(20-21-15)10-5-6-10/h3-4,7,10,14H,5-6H2,1-2H3,(H,19,22)(H,20,21)(H,23,24). The average molecular weight is 392 g/mol. The molecule has 1 aliphatic rings. The van der Waals surface area contributed by atoms with Crippen LogP contribution in [0.1, 0.15) is 57.7 Å². The van der Waals surface area contributed by atoms with E-state index in [1.54, 1.807) is 12.1 Å². The summed E-state index contributed by atoms with van der Waals surface area (Å²) in [5.74, 6) is -1.22. The van der Waals surface area contributed by atoms with Gasteiger partial charge in [-0.3, -0.25) is 9.89 Å². The fraction of sp³-hybridized carbons (Fsp3) is 0.353. The summed E-state index contributed by atoms with van der Waals surface area (Å²) < 4.78 is 0.617. The van der Waals surface area contributed by atoms with Crippen molar-refractivity contribution < 1.29 is 14.7 Å². The van der Waals surface area contributed by atoms with E-state index >= 15 is 0 Å². The lowest BCUT2D eigenvalue weighted by Crippen LogP contribution is -2.34. The number of halogens is 1. The SMILES string of the molecule is Cc1ccc(C(NC(=O)c2n[nH]c(C3CC3)c2Br)C(=O)O)cc1C. The van der Waals surface area contributed by atoms with E-state index in [9.17, 15) is 14.7 Å². The van der Waals surface area contributed by atoms with Gasteiger partial charge in [0, 0.05) is 5.92 Å². The van der Waals surface area contributed by atoms with E-state index in [1.807, 2.05) is 19.9 Å². The molecule has 1 aromatic heterocycles. The fourth-order valence-electron chi connectivity index (χ4n) is 2.57. The van der Waals surface area contributed by atoms with Gasteiger partial charge in [0.25, 0.3) is 5.91 Å². The molecule has 1 aliphatic carbocycles. The van der Waals surface area contributed by atoms with Crippen LogP contribution in [0.5, 0.6) is 0 Å². The highest BCUT2D eigenvalue weighted by atomic mass is 79.9. The van der Waals surface area contributed by atoms with Crippen LogP contribution in [-0.4, -0.2) is 27.2 Å². The number of aromatic nitrogens is 2. The first kappa shape index (κ1) is 16.7. The van der Waals surface area contributed by atoms with Crippen molar-refractivity contribution in [3.63, 3.8) is 0 Å². The maximum absolute atomic E-state index is 12.5. The molecular formula is C17H18BrN3O3. The van der Waals surface area contributed by atoms with Crippen molar-refractivity contribution in [2.75, 3.05) is 0 Å². The van der Waals surface area contributed by atoms with Crippen molar-refractivity contribution in [2.45, 2.75) is 38.6 Å². The number of hydrogen-bond acceptors (Lipinski definition) is 3. The van der Waals surface area contributed by atoms with Crippen LogP contribution in [0.25, 0.3) is 0 Å². The van der Waals surface area contributed by atoms with Crippen LogP contribution in [0.15, 0.2) is 22.7 Å². The molecule has 2 aromatic rings. The number of carboxylic acids is 1. The lowest BCUT2D eigenvalue weighted by Gasteiger charge is -2.15. The van der Waals surface area contributed by atoms with Gasteiger partial charge in [-0.1, -0.05) is 18.2 Å². The van der Waals surface area contributed by atoms with Crippen LogP contribution in [0.4, 0.5) is 0 Å². The number of hydrogen-bond donors (Lipinski definition) is 3. The first-order chi connectivity index (χ1) is 11.4. The predicted octanol–water partition coefficient (Wildman–Crippen LogP) is 3.22. The van der Waals surface area contributed by atoms with Crippen LogP contribution >= 0.6 is 15.9 Å². The number of nitrogens with zero attached hydrogens (tertiary/aromatic N) is 1. The van der Waals surface area contributed by atoms with Gasteiger partial charge in [0.15, 0.2) is 11.7 Å². The largest absolute Gasteiger partial charge is 0.479 e. The van der Waals surface area contributed by atoms with Gasteiger partial charge in [0.05, 0.1) is 10.2 Å². The van der Waals surface area contributed by atoms with Gasteiger partial charge in [-0.25, -0.2) is 4.79 Å². The minimum Gasteiger partial charge on any atom is -0.479 e. The van der Waals surface area contributed by atoms with Crippen molar-refractivity contribution in [3.05, 3.63) is 50.8 Å². The van der Waals surface area contributed by atoms with Crippen molar-refractivity contribution in [2.24, 2.45) is 0 Å². The summed E-state index contributed by atoms with van der Waals surface area (Å²) in [7, 11) is 0. The molecule has 0 spiro atoms. The monoisotopic (exact) mass is 391 g/mol. The second-order valence-corrected chi connectivity index (χ2v) is 6.96. The highest BCUT2D eigenvalue weighted by Gasteiger charge is 2.32. The quantitative estimate of drug-likeness (QED) is 0.728. The Balaban J connectivity index is 1.84. The van der Waals surface area contributed by atoms with E-state index < -0.39 is 17.9 Å². The first-order valence-electron chi connectivity index (χ1n) is 7.73. The molecule has 1 atom stereocenters. The minimum absolute atomic E-state index is 0.187. The summed E-state index contributed by atoms with van der Waals surface area (Å²) in [5.41, 5.74) is 3.67. The number of amides is 1. The van der Waals surface area contributed by atoms with E-state index in [1.165, 1.54) is 0 Å². The number of aliphatic carboxylic acids is 1. The van der Waals surface area contributed by atoms with Gasteiger partial charge in [-0.15, -0.1) is 0 Å². The summed E-state index contributed by atoms with van der Waals surface area (Å²) in [6, 6.07) is 4.23. The molecule has 6 nitrogen and oxygen atoms in total. The minimum atomic E-state index is -1.12. The fourth-order valence-corrected chi connectivity index (χ4v) is 3.25. The summed E-state index contributed by atoms with van der Waals surface area (Å²) in [6.07, 6.45) is 2.14. The van der Waals surface area contributed by atoms with Gasteiger partial charge >= 0.3 is 5.97 Å². The first-order valence-corrected chi connectivity index (χ1v) is 8.52. The number of carbonyl (C=O) groups excluding carboxylic acids is 1. The summed E-state index contributed by atoms with van der Waals surface area (Å²) >= 11 is 3.39. The van der Waals surface area contributed by atoms with Gasteiger partial charge in [0.1, 0.15) is 0 Å². The molecule has 1 unspecified atom stereocenters. The topological polar surface area (TPSA) is 95.1 Å². The van der Waals surface area contributed by atoms with Gasteiger partial charge in [-0.05, 0) is 59.3 Å². The zero-order chi connectivity index (χ0) is 17.4. The Morgan fingerprint density at radius 3 is 2.62 bits per heavy atom. The lowest BCUT2D eigenvalue weighted by atomic mass is 10.0. The van der Waals surface area contributed by atoms with Gasteiger partial charge in [0.2, 0.25) is 0 Å². The number of nitrogens with one attached hydrogen (secondary N) is 2. The number of carboxylic acid groups (broad SMARTS) is 1. The van der Waals surface area contributed by atoms with Crippen molar-refractivity contribution in [3.8, 4) is 0 Å². The van der Waals surface area contributed by atoms with E-state index in [0.29, 0.717) is 16.0 Å². The number of aromatic amines is 1. The van der Waals surface area contributed by atoms with Gasteiger partial charge < -0.3 is 10.4 Å². The Hall–Kier alpha value is -2.15. The Labute approximate surface area is 147 Å². The molecule has 1 saturated carbocycles. The van der Waals surface area contributed by atoms with E-state index in [-0.39, 0.29) is 5.69 Å². The van der Waals surface area contributed by atoms with E-state index in [2.05, 4.69) is 31.4 Å². The number of aryl methyl sites for hydroxylation is 2. The zero-order valence-corrected chi connectivity index (χ0v) is 15.0. The molecule has 0 bridgehead atoms. The highest BCUT2D eigenvalue weighted by Crippen LogP contribution is 2.42. The molecule has 3 rings (SSSR count). The Kier molecular flexibility index (Phi) is 4.45. The smallest absolute Gasteiger partial charge is 0.330 e. The van der Waals surface area contributed by atoms with Crippen LogP contribution in [-0.2, 0) is 4.79 Å². The molecule has 1 amide bonds. The van der Waals surface area contributed by atoms with Crippen molar-refractivity contribution in [1.29, 1.82) is 0 Å². The molecular weight excluding hydrogens is 374 g/mol. The molecule has 0 saturated heterocycles. The normalized spacial score (nSPS) is 15.1. The van der Waals surface area contributed by atoms with Crippen LogP contribution in [0.2, 0.25) is 0 Å². The predicted molar refractivity (Wildman–Crippen MR) is 92.0 cm³/mol. The third-order valence-electron chi connectivity index (χ3n) is 4.32. The maximum Gasteiger partial charge on any atom is 0.330 e. The number of H-pyrrole nitrogens is 1. The number of benzene rings is 1. The molecule has 126 valence electrons. The number of carbonyl (C=O) groups is 2. The Morgan fingerprint density at radius 2 is 2.04 bits per heavy atom. The molecule has 0 radical (unpaired) electrons. The van der Waals surface area contributed by atoms with Crippen LogP contribution in [0, 0.1) is 13.8 Å². The average Bonchev–Trinajstić information content (AvgIpc) is 3.30. The molecule has 1 aromatic carbocycles. The summed E-state index contributed by atoms with van der Waals surface area (Å²) in [6.45, 7) is 3.86. The maximum atomic E-state index is 12.5. The van der Waals surface area contributed by atoms with Crippen LogP contribution < -0.4 is 5.32 Å². The molecule has 7 heteroatoms. The van der Waals surface area contributed by atoms with Crippen LogP contribution in [0.3, 0.4) is 0 Å². The molecule has 1 heterocycles. The Morgan fingerprint density at radius 1 is 1.33 bits per heavy atom. The summed E-state index contributed by atoms with van der Waals surface area (Å²) in [5, 5.41) is 19.0. The highest BCUT2D eigenvalue weighted by molar-refractivity contribution is 9.10. The van der Waals surface area contributed by atoms with Crippen molar-refractivity contribution >= 4 is 27.8 Å².